The van der Waals surface area contributed by atoms with Crippen LogP contribution in [0.25, 0.3) is 101 Å². The topological polar surface area (TPSA) is 100 Å². The molecule has 0 bridgehead atoms. The van der Waals surface area contributed by atoms with Crippen LogP contribution in [0, 0.1) is 0 Å². The molecule has 0 spiro atoms. The van der Waals surface area contributed by atoms with Crippen LogP contribution in [-0.4, -0.2) is 39.0 Å². The predicted molar refractivity (Wildman–Crippen MR) is 208 cm³/mol. The van der Waals surface area contributed by atoms with E-state index in [1.807, 2.05) is 66.7 Å². The van der Waals surface area contributed by atoms with Crippen LogP contribution in [0.4, 0.5) is 0 Å². The number of para-hydroxylation sites is 3. The van der Waals surface area contributed by atoms with Crippen LogP contribution in [0.5, 0.6) is 0 Å². The second kappa shape index (κ2) is 11.5. The highest BCUT2D eigenvalue weighted by molar-refractivity contribution is 6.24. The summed E-state index contributed by atoms with van der Waals surface area (Å²) in [4.78, 5) is 28.8. The summed E-state index contributed by atoms with van der Waals surface area (Å²) in [5.41, 5.74) is 8.88. The lowest BCUT2D eigenvalue weighted by Gasteiger charge is -2.13. The summed E-state index contributed by atoms with van der Waals surface area (Å²) in [6.07, 6.45) is 7.02. The highest BCUT2D eigenvalue weighted by atomic mass is 16.3. The molecular weight excluding hydrogens is 657 g/mol. The molecule has 9 nitrogen and oxygen atoms in total. The molecule has 0 radical (unpaired) electrons. The van der Waals surface area contributed by atoms with Gasteiger partial charge in [-0.25, -0.2) is 9.97 Å². The normalized spacial score (nSPS) is 11.8. The van der Waals surface area contributed by atoms with Gasteiger partial charge in [-0.2, -0.15) is 9.97 Å². The van der Waals surface area contributed by atoms with Gasteiger partial charge in [0.25, 0.3) is 0 Å². The first-order valence-electron chi connectivity index (χ1n) is 17.3. The van der Waals surface area contributed by atoms with Crippen molar-refractivity contribution in [2.75, 3.05) is 0 Å². The van der Waals surface area contributed by atoms with E-state index in [9.17, 15) is 0 Å². The number of hydrogen-bond acceptors (Lipinski definition) is 7. The third kappa shape index (κ3) is 4.51. The Kier molecular flexibility index (Phi) is 6.35. The summed E-state index contributed by atoms with van der Waals surface area (Å²) in [5.74, 6) is 2.12. The molecule has 11 aromatic rings. The van der Waals surface area contributed by atoms with Gasteiger partial charge in [0, 0.05) is 63.0 Å². The van der Waals surface area contributed by atoms with Gasteiger partial charge in [-0.1, -0.05) is 72.8 Å². The maximum atomic E-state index is 6.64. The van der Waals surface area contributed by atoms with Crippen molar-refractivity contribution >= 4 is 54.7 Å². The van der Waals surface area contributed by atoms with Gasteiger partial charge in [0.1, 0.15) is 5.52 Å². The first kappa shape index (κ1) is 29.2. The first-order chi connectivity index (χ1) is 26.3. The molecule has 0 aliphatic heterocycles. The van der Waals surface area contributed by atoms with E-state index in [1.54, 1.807) is 24.8 Å². The van der Waals surface area contributed by atoms with Crippen molar-refractivity contribution < 1.29 is 4.42 Å². The monoisotopic (exact) mass is 682 g/mol. The third-order valence-electron chi connectivity index (χ3n) is 9.81. The van der Waals surface area contributed by atoms with Crippen LogP contribution in [0.15, 0.2) is 163 Å². The van der Waals surface area contributed by atoms with Crippen LogP contribution in [0.1, 0.15) is 0 Å². The zero-order valence-corrected chi connectivity index (χ0v) is 28.0. The molecule has 0 saturated carbocycles. The summed E-state index contributed by atoms with van der Waals surface area (Å²) in [7, 11) is 0. The Hall–Kier alpha value is -7.52. The quantitative estimate of drug-likeness (QED) is 0.178. The number of hydrogen-bond donors (Lipinski definition) is 0. The van der Waals surface area contributed by atoms with Crippen LogP contribution in [0.2, 0.25) is 0 Å². The minimum Gasteiger partial charge on any atom is -0.434 e. The number of benzene rings is 5. The summed E-state index contributed by atoms with van der Waals surface area (Å²) >= 11 is 0. The van der Waals surface area contributed by atoms with Crippen LogP contribution < -0.4 is 0 Å². The van der Waals surface area contributed by atoms with Crippen molar-refractivity contribution in [1.29, 1.82) is 0 Å². The fourth-order valence-electron chi connectivity index (χ4n) is 7.49. The molecule has 6 aromatic heterocycles. The molecule has 0 N–H and O–H groups in total. The molecule has 0 atom stereocenters. The number of fused-ring (bicyclic) bond motifs is 8. The van der Waals surface area contributed by atoms with Crippen molar-refractivity contribution in [2.45, 2.75) is 0 Å². The Bertz CT molecular complexity index is 3110. The van der Waals surface area contributed by atoms with Crippen LogP contribution in [-0.2, 0) is 0 Å². The molecule has 0 saturated heterocycles. The number of rotatable bonds is 5. The number of pyridine rings is 2. The molecule has 5 aromatic carbocycles. The number of oxazole rings is 1. The minimum absolute atomic E-state index is 0.491. The first-order valence-corrected chi connectivity index (χ1v) is 17.3. The van der Waals surface area contributed by atoms with Crippen molar-refractivity contribution in [1.82, 2.24) is 39.0 Å². The molecule has 0 aliphatic carbocycles. The molecule has 9 heteroatoms. The largest absolute Gasteiger partial charge is 0.434 e. The summed E-state index contributed by atoms with van der Waals surface area (Å²) in [5, 5.41) is 4.36. The van der Waals surface area contributed by atoms with E-state index in [4.69, 9.17) is 24.4 Å². The van der Waals surface area contributed by atoms with Gasteiger partial charge in [0.2, 0.25) is 11.8 Å². The van der Waals surface area contributed by atoms with E-state index in [-0.39, 0.29) is 0 Å². The van der Waals surface area contributed by atoms with Crippen molar-refractivity contribution in [3.63, 3.8) is 0 Å². The molecule has 0 fully saturated rings. The molecule has 0 unspecified atom stereocenters. The van der Waals surface area contributed by atoms with Gasteiger partial charge in [0.15, 0.2) is 17.2 Å². The lowest BCUT2D eigenvalue weighted by Crippen LogP contribution is -2.07. The molecule has 53 heavy (non-hydrogen) atoms. The zero-order chi connectivity index (χ0) is 34.9. The van der Waals surface area contributed by atoms with Crippen molar-refractivity contribution in [3.05, 3.63) is 158 Å². The van der Waals surface area contributed by atoms with E-state index < -0.39 is 0 Å². The number of nitrogens with zero attached hydrogens (tertiary/aromatic N) is 8. The second-order valence-corrected chi connectivity index (χ2v) is 12.8. The average molecular weight is 683 g/mol. The smallest absolute Gasteiger partial charge is 0.238 e. The Labute approximate surface area is 301 Å². The molecule has 248 valence electrons. The SMILES string of the molecule is c1ccc(-c2nc3cccc(-n4c5ccccc5c5ccc6c7ccccc7n(-c7nc(-c8ccncc8)nc(-c8cccnc8)n7)c6c54)c3o2)cc1. The fourth-order valence-corrected chi connectivity index (χ4v) is 7.49. The van der Waals surface area contributed by atoms with Gasteiger partial charge in [-0.15, -0.1) is 0 Å². The summed E-state index contributed by atoms with van der Waals surface area (Å²) in [6.45, 7) is 0. The van der Waals surface area contributed by atoms with Gasteiger partial charge in [-0.05, 0) is 60.7 Å². The Morgan fingerprint density at radius 1 is 0.434 bits per heavy atom. The Balaban J connectivity index is 1.29. The lowest BCUT2D eigenvalue weighted by molar-refractivity contribution is 0.618. The Morgan fingerprint density at radius 3 is 1.83 bits per heavy atom. The van der Waals surface area contributed by atoms with E-state index in [0.717, 1.165) is 71.5 Å². The van der Waals surface area contributed by atoms with E-state index in [1.165, 1.54) is 0 Å². The minimum atomic E-state index is 0.491. The van der Waals surface area contributed by atoms with E-state index in [2.05, 4.69) is 85.8 Å². The number of aromatic nitrogens is 8. The van der Waals surface area contributed by atoms with E-state index >= 15 is 0 Å². The molecular formula is C44H26N8O. The summed E-state index contributed by atoms with van der Waals surface area (Å²) < 4.78 is 11.1. The fraction of sp³-hybridized carbons (Fsp3) is 0. The van der Waals surface area contributed by atoms with Gasteiger partial charge in [-0.3, -0.25) is 14.5 Å². The van der Waals surface area contributed by atoms with E-state index in [0.29, 0.717) is 29.1 Å². The predicted octanol–water partition coefficient (Wildman–Crippen LogP) is 10.00. The Morgan fingerprint density at radius 2 is 1.09 bits per heavy atom. The zero-order valence-electron chi connectivity index (χ0n) is 28.0. The maximum Gasteiger partial charge on any atom is 0.238 e. The standard InChI is InChI=1S/C44H26N8O/c1-2-10-28(11-3-1)43-47-34-15-8-18-37(40(34)53-43)51-35-16-6-4-13-30(35)32-19-20-33-31-14-5-7-17-36(31)52(39(33)38(32)51)44-49-41(27-21-24-45-25-22-27)48-42(50-44)29-12-9-23-46-26-29/h1-26H. The van der Waals surface area contributed by atoms with Gasteiger partial charge >= 0.3 is 0 Å². The lowest BCUT2D eigenvalue weighted by atomic mass is 10.1. The van der Waals surface area contributed by atoms with Crippen LogP contribution in [0.3, 0.4) is 0 Å². The summed E-state index contributed by atoms with van der Waals surface area (Å²) in [6, 6.07) is 45.2. The maximum absolute atomic E-state index is 6.64. The third-order valence-corrected chi connectivity index (χ3v) is 9.81. The highest BCUT2D eigenvalue weighted by Gasteiger charge is 2.25. The molecule has 6 heterocycles. The second-order valence-electron chi connectivity index (χ2n) is 12.8. The molecule has 0 aliphatic rings. The van der Waals surface area contributed by atoms with Crippen molar-refractivity contribution in [3.8, 4) is 45.9 Å². The van der Waals surface area contributed by atoms with Crippen molar-refractivity contribution in [2.24, 2.45) is 0 Å². The molecule has 11 rings (SSSR count). The van der Waals surface area contributed by atoms with Gasteiger partial charge in [0.05, 0.1) is 27.8 Å². The van der Waals surface area contributed by atoms with Gasteiger partial charge < -0.3 is 8.98 Å². The molecule has 0 amide bonds. The average Bonchev–Trinajstić information content (AvgIpc) is 3.92. The highest BCUT2D eigenvalue weighted by Crippen LogP contribution is 2.43. The van der Waals surface area contributed by atoms with Crippen LogP contribution >= 0.6 is 0 Å².